The third-order valence-corrected chi connectivity index (χ3v) is 3.01. The Morgan fingerprint density at radius 3 is 2.29 bits per heavy atom. The Bertz CT molecular complexity index is 160. The summed E-state index contributed by atoms with van der Waals surface area (Å²) < 4.78 is 6.05. The van der Waals surface area contributed by atoms with Crippen molar-refractivity contribution in [2.24, 2.45) is 0 Å². The molecule has 0 aliphatic carbocycles. The Hall–Kier alpha value is 0.170. The van der Waals surface area contributed by atoms with Crippen molar-refractivity contribution in [3.8, 4) is 0 Å². The van der Waals surface area contributed by atoms with E-state index in [2.05, 4.69) is 32.8 Å². The molecular weight excluding hydrogens is 200 g/mol. The van der Waals surface area contributed by atoms with Crippen molar-refractivity contribution in [3.63, 3.8) is 0 Å². The SMILES string of the molecule is COCC[N+](C)(C)CCC(C)(C)NCl. The van der Waals surface area contributed by atoms with Gasteiger partial charge in [0.1, 0.15) is 6.54 Å². The van der Waals surface area contributed by atoms with Crippen LogP contribution in [0.2, 0.25) is 0 Å². The van der Waals surface area contributed by atoms with Crippen LogP contribution in [0.4, 0.5) is 0 Å². The number of rotatable bonds is 7. The Kier molecular flexibility index (Phi) is 5.98. The smallest absolute Gasteiger partial charge is 0.102 e. The van der Waals surface area contributed by atoms with Gasteiger partial charge < -0.3 is 9.22 Å². The fourth-order valence-electron chi connectivity index (χ4n) is 1.08. The molecule has 0 unspecified atom stereocenters. The normalized spacial score (nSPS) is 13.3. The van der Waals surface area contributed by atoms with Crippen molar-refractivity contribution in [2.75, 3.05) is 40.9 Å². The van der Waals surface area contributed by atoms with E-state index in [9.17, 15) is 0 Å². The summed E-state index contributed by atoms with van der Waals surface area (Å²) in [5.41, 5.74) is 0.00411. The maximum atomic E-state index is 5.64. The molecular formula is C10H24ClN2O+. The highest BCUT2D eigenvalue weighted by atomic mass is 35.5. The van der Waals surface area contributed by atoms with E-state index in [0.29, 0.717) is 0 Å². The summed E-state index contributed by atoms with van der Waals surface area (Å²) in [5, 5.41) is 0. The maximum Gasteiger partial charge on any atom is 0.102 e. The van der Waals surface area contributed by atoms with Crippen molar-refractivity contribution in [3.05, 3.63) is 0 Å². The van der Waals surface area contributed by atoms with Crippen LogP contribution in [0.15, 0.2) is 0 Å². The number of methoxy groups -OCH3 is 1. The highest BCUT2D eigenvalue weighted by Crippen LogP contribution is 2.12. The molecule has 0 aromatic rings. The summed E-state index contributed by atoms with van der Waals surface area (Å²) in [7, 11) is 6.16. The van der Waals surface area contributed by atoms with E-state index in [-0.39, 0.29) is 5.54 Å². The van der Waals surface area contributed by atoms with Gasteiger partial charge >= 0.3 is 0 Å². The molecule has 0 saturated heterocycles. The number of likely N-dealkylation sites (N-methyl/N-ethyl adjacent to an activating group) is 1. The summed E-state index contributed by atoms with van der Waals surface area (Å²) in [6, 6.07) is 0. The minimum Gasteiger partial charge on any atom is -0.379 e. The van der Waals surface area contributed by atoms with Crippen LogP contribution in [-0.2, 0) is 4.74 Å². The summed E-state index contributed by atoms with van der Waals surface area (Å²) >= 11 is 5.64. The zero-order valence-electron chi connectivity index (χ0n) is 10.1. The second-order valence-electron chi connectivity index (χ2n) is 5.10. The first-order valence-electron chi connectivity index (χ1n) is 5.02. The molecule has 0 aliphatic rings. The number of quaternary nitrogens is 1. The van der Waals surface area contributed by atoms with Crippen LogP contribution in [0.5, 0.6) is 0 Å². The molecule has 0 bridgehead atoms. The highest BCUT2D eigenvalue weighted by Gasteiger charge is 2.22. The summed E-state index contributed by atoms with van der Waals surface area (Å²) in [4.78, 5) is 2.80. The van der Waals surface area contributed by atoms with Crippen LogP contribution in [-0.4, -0.2) is 50.9 Å². The van der Waals surface area contributed by atoms with E-state index in [1.54, 1.807) is 7.11 Å². The predicted molar refractivity (Wildman–Crippen MR) is 61.4 cm³/mol. The van der Waals surface area contributed by atoms with Crippen LogP contribution < -0.4 is 4.84 Å². The van der Waals surface area contributed by atoms with E-state index >= 15 is 0 Å². The standard InChI is InChI=1S/C10H24ClN2O/c1-10(2,12-11)6-7-13(3,4)8-9-14-5/h12H,6-9H2,1-5H3/q+1. The van der Waals surface area contributed by atoms with Crippen LogP contribution in [0.1, 0.15) is 20.3 Å². The monoisotopic (exact) mass is 223 g/mol. The number of nitrogens with zero attached hydrogens (tertiary/aromatic N) is 1. The molecule has 0 rings (SSSR count). The fraction of sp³-hybridized carbons (Fsp3) is 1.00. The highest BCUT2D eigenvalue weighted by molar-refractivity contribution is 6.13. The molecule has 4 heteroatoms. The van der Waals surface area contributed by atoms with E-state index in [0.717, 1.165) is 30.6 Å². The van der Waals surface area contributed by atoms with Crippen LogP contribution in [0.3, 0.4) is 0 Å². The number of ether oxygens (including phenoxy) is 1. The first-order valence-corrected chi connectivity index (χ1v) is 5.39. The van der Waals surface area contributed by atoms with Gasteiger partial charge in [-0.25, -0.2) is 4.84 Å². The molecule has 86 valence electrons. The molecule has 0 saturated carbocycles. The fourth-order valence-corrected chi connectivity index (χ4v) is 1.17. The van der Waals surface area contributed by atoms with Gasteiger partial charge in [0.15, 0.2) is 0 Å². The van der Waals surface area contributed by atoms with Crippen LogP contribution in [0.25, 0.3) is 0 Å². The molecule has 3 nitrogen and oxygen atoms in total. The lowest BCUT2D eigenvalue weighted by Crippen LogP contribution is -2.47. The summed E-state index contributed by atoms with van der Waals surface area (Å²) in [5.74, 6) is 0. The maximum absolute atomic E-state index is 5.64. The molecule has 0 fully saturated rings. The first kappa shape index (κ1) is 14.2. The van der Waals surface area contributed by atoms with Crippen molar-refractivity contribution in [2.45, 2.75) is 25.8 Å². The topological polar surface area (TPSA) is 21.3 Å². The van der Waals surface area contributed by atoms with Crippen molar-refractivity contribution < 1.29 is 9.22 Å². The Labute approximate surface area is 93.1 Å². The van der Waals surface area contributed by atoms with Crippen molar-refractivity contribution in [1.82, 2.24) is 4.84 Å². The van der Waals surface area contributed by atoms with Gasteiger partial charge in [-0.1, -0.05) is 0 Å². The van der Waals surface area contributed by atoms with Gasteiger partial charge in [-0.05, 0) is 25.6 Å². The predicted octanol–water partition coefficient (Wildman–Crippen LogP) is 1.62. The lowest BCUT2D eigenvalue weighted by molar-refractivity contribution is -0.891. The summed E-state index contributed by atoms with van der Waals surface area (Å²) in [6.07, 6.45) is 1.05. The number of nitrogens with one attached hydrogen (secondary N) is 1. The van der Waals surface area contributed by atoms with E-state index in [4.69, 9.17) is 16.5 Å². The molecule has 0 radical (unpaired) electrons. The largest absolute Gasteiger partial charge is 0.379 e. The van der Waals surface area contributed by atoms with Gasteiger partial charge in [0, 0.05) is 19.1 Å². The molecule has 0 heterocycles. The van der Waals surface area contributed by atoms with E-state index in [1.807, 2.05) is 0 Å². The zero-order chi connectivity index (χ0) is 11.2. The molecule has 0 spiro atoms. The minimum absolute atomic E-state index is 0.00411. The van der Waals surface area contributed by atoms with Gasteiger partial charge in [-0.15, -0.1) is 0 Å². The second kappa shape index (κ2) is 5.91. The van der Waals surface area contributed by atoms with Gasteiger partial charge in [0.2, 0.25) is 0 Å². The van der Waals surface area contributed by atoms with E-state index < -0.39 is 0 Å². The van der Waals surface area contributed by atoms with Crippen LogP contribution >= 0.6 is 11.8 Å². The van der Waals surface area contributed by atoms with Crippen LogP contribution in [0, 0.1) is 0 Å². The first-order chi connectivity index (χ1) is 6.33. The quantitative estimate of drug-likeness (QED) is 0.523. The average Bonchev–Trinajstić information content (AvgIpc) is 2.12. The summed E-state index contributed by atoms with van der Waals surface area (Å²) in [6.45, 7) is 7.15. The molecule has 0 aliphatic heterocycles. The lowest BCUT2D eigenvalue weighted by Gasteiger charge is -2.33. The Morgan fingerprint density at radius 2 is 1.86 bits per heavy atom. The number of hydrogen-bond donors (Lipinski definition) is 1. The zero-order valence-corrected chi connectivity index (χ0v) is 10.8. The minimum atomic E-state index is 0.00411. The average molecular weight is 224 g/mol. The molecule has 0 atom stereocenters. The third kappa shape index (κ3) is 6.60. The van der Waals surface area contributed by atoms with Gasteiger partial charge in [-0.2, -0.15) is 0 Å². The molecule has 0 aromatic heterocycles. The van der Waals surface area contributed by atoms with Gasteiger partial charge in [-0.3, -0.25) is 0 Å². The Balaban J connectivity index is 3.85. The molecule has 1 N–H and O–H groups in total. The van der Waals surface area contributed by atoms with Crippen molar-refractivity contribution in [1.29, 1.82) is 0 Å². The Morgan fingerprint density at radius 1 is 1.29 bits per heavy atom. The molecule has 0 amide bonds. The van der Waals surface area contributed by atoms with Gasteiger partial charge in [0.25, 0.3) is 0 Å². The van der Waals surface area contributed by atoms with Gasteiger partial charge in [0.05, 0.1) is 27.2 Å². The third-order valence-electron chi connectivity index (χ3n) is 2.50. The molecule has 14 heavy (non-hydrogen) atoms. The molecule has 0 aromatic carbocycles. The number of hydrogen-bond acceptors (Lipinski definition) is 2. The second-order valence-corrected chi connectivity index (χ2v) is 5.29. The van der Waals surface area contributed by atoms with E-state index in [1.165, 1.54) is 0 Å². The lowest BCUT2D eigenvalue weighted by atomic mass is 10.0. The number of halogens is 1. The van der Waals surface area contributed by atoms with Crippen molar-refractivity contribution >= 4 is 11.8 Å².